The smallest absolute Gasteiger partial charge is 0.228 e. The molecular weight excluding hydrogens is 288 g/mol. The molecule has 120 valence electrons. The van der Waals surface area contributed by atoms with Gasteiger partial charge in [0.25, 0.3) is 0 Å². The lowest BCUT2D eigenvalue weighted by Crippen LogP contribution is -2.37. The number of benzene rings is 2. The van der Waals surface area contributed by atoms with Crippen molar-refractivity contribution in [2.45, 2.75) is 25.3 Å². The summed E-state index contributed by atoms with van der Waals surface area (Å²) in [7, 11) is 0. The maximum absolute atomic E-state index is 12.7. The first-order valence-corrected chi connectivity index (χ1v) is 8.06. The Hall–Kier alpha value is -2.33. The maximum atomic E-state index is 12.7. The number of hydrogen-bond acceptors (Lipinski definition) is 3. The van der Waals surface area contributed by atoms with E-state index in [1.807, 2.05) is 59.5 Å². The quantitative estimate of drug-likeness (QED) is 0.944. The van der Waals surface area contributed by atoms with Gasteiger partial charge in [0.15, 0.2) is 0 Å². The lowest BCUT2D eigenvalue weighted by atomic mass is 10.0. The zero-order valence-corrected chi connectivity index (χ0v) is 13.2. The Morgan fingerprint density at radius 3 is 2.70 bits per heavy atom. The van der Waals surface area contributed by atoms with Crippen LogP contribution in [0.1, 0.15) is 18.4 Å². The number of amides is 1. The summed E-state index contributed by atoms with van der Waals surface area (Å²) in [5.41, 5.74) is 8.20. The highest BCUT2D eigenvalue weighted by Gasteiger charge is 2.23. The Morgan fingerprint density at radius 2 is 1.87 bits per heavy atom. The summed E-state index contributed by atoms with van der Waals surface area (Å²) in [4.78, 5) is 14.5. The first-order chi connectivity index (χ1) is 11.2. The van der Waals surface area contributed by atoms with Gasteiger partial charge in [0.1, 0.15) is 5.75 Å². The van der Waals surface area contributed by atoms with Crippen LogP contribution in [0, 0.1) is 0 Å². The molecule has 1 amide bonds. The van der Waals surface area contributed by atoms with Crippen LogP contribution in [0.2, 0.25) is 0 Å². The van der Waals surface area contributed by atoms with Crippen molar-refractivity contribution in [1.82, 2.24) is 0 Å². The first kappa shape index (κ1) is 15.6. The molecule has 3 rings (SSSR count). The van der Waals surface area contributed by atoms with Crippen molar-refractivity contribution < 1.29 is 9.53 Å². The predicted octanol–water partition coefficient (Wildman–Crippen LogP) is 2.76. The number of carbonyl (C=O) groups is 1. The molecule has 1 aliphatic rings. The van der Waals surface area contributed by atoms with Gasteiger partial charge < -0.3 is 15.4 Å². The molecule has 0 saturated carbocycles. The molecule has 0 bridgehead atoms. The third-order valence-corrected chi connectivity index (χ3v) is 4.02. The Bertz CT molecular complexity index is 657. The van der Waals surface area contributed by atoms with Crippen LogP contribution in [0.4, 0.5) is 5.69 Å². The highest BCUT2D eigenvalue weighted by atomic mass is 16.5. The molecule has 4 nitrogen and oxygen atoms in total. The van der Waals surface area contributed by atoms with Crippen LogP contribution in [0.5, 0.6) is 5.75 Å². The number of nitrogens with two attached hydrogens (primary N) is 1. The van der Waals surface area contributed by atoms with Crippen molar-refractivity contribution in [3.8, 4) is 5.75 Å². The molecule has 4 heteroatoms. The van der Waals surface area contributed by atoms with E-state index in [4.69, 9.17) is 10.5 Å². The van der Waals surface area contributed by atoms with Gasteiger partial charge in [0.2, 0.25) is 5.91 Å². The van der Waals surface area contributed by atoms with E-state index in [1.54, 1.807) is 0 Å². The summed E-state index contributed by atoms with van der Waals surface area (Å²) in [5.74, 6) is 0.835. The number of ether oxygens (including phenoxy) is 1. The van der Waals surface area contributed by atoms with Crippen molar-refractivity contribution in [2.75, 3.05) is 18.1 Å². The van der Waals surface area contributed by atoms with Crippen LogP contribution in [-0.2, 0) is 11.2 Å². The number of anilines is 1. The minimum absolute atomic E-state index is 0.0615. The lowest BCUT2D eigenvalue weighted by molar-refractivity contribution is -0.118. The van der Waals surface area contributed by atoms with E-state index in [0.717, 1.165) is 23.4 Å². The summed E-state index contributed by atoms with van der Waals surface area (Å²) in [5, 5.41) is 0. The van der Waals surface area contributed by atoms with Crippen molar-refractivity contribution >= 4 is 11.6 Å². The number of carbonyl (C=O) groups excluding carboxylic acids is 1. The Balaban J connectivity index is 1.68. The second kappa shape index (κ2) is 7.29. The topological polar surface area (TPSA) is 55.6 Å². The van der Waals surface area contributed by atoms with Gasteiger partial charge in [0.05, 0.1) is 12.3 Å². The largest absolute Gasteiger partial charge is 0.491 e. The zero-order chi connectivity index (χ0) is 16.1. The molecule has 2 aromatic carbocycles. The predicted molar refractivity (Wildman–Crippen MR) is 91.6 cm³/mol. The summed E-state index contributed by atoms with van der Waals surface area (Å²) >= 11 is 0. The molecule has 0 unspecified atom stereocenters. The second-order valence-corrected chi connectivity index (χ2v) is 5.87. The molecule has 1 heterocycles. The minimum Gasteiger partial charge on any atom is -0.491 e. The van der Waals surface area contributed by atoms with Crippen molar-refractivity contribution in [1.29, 1.82) is 0 Å². The van der Waals surface area contributed by atoms with Crippen LogP contribution in [-0.4, -0.2) is 25.1 Å². The molecule has 0 saturated heterocycles. The molecule has 1 aliphatic heterocycles. The maximum Gasteiger partial charge on any atom is 0.228 e. The fourth-order valence-corrected chi connectivity index (χ4v) is 2.91. The summed E-state index contributed by atoms with van der Waals surface area (Å²) in [6.07, 6.45) is 1.87. The molecule has 0 radical (unpaired) electrons. The molecule has 0 aliphatic carbocycles. The van der Waals surface area contributed by atoms with Crippen molar-refractivity contribution in [3.05, 3.63) is 60.2 Å². The monoisotopic (exact) mass is 310 g/mol. The average molecular weight is 310 g/mol. The Morgan fingerprint density at radius 1 is 1.13 bits per heavy atom. The van der Waals surface area contributed by atoms with E-state index in [2.05, 4.69) is 0 Å². The summed E-state index contributed by atoms with van der Waals surface area (Å²) in [6.45, 7) is 1.31. The molecule has 2 N–H and O–H groups in total. The van der Waals surface area contributed by atoms with Gasteiger partial charge in [-0.2, -0.15) is 0 Å². The highest BCUT2D eigenvalue weighted by molar-refractivity contribution is 5.95. The third kappa shape index (κ3) is 3.90. The Kier molecular flexibility index (Phi) is 4.93. The number of para-hydroxylation sites is 2. The SMILES string of the molecule is N[C@H](CC(=O)N1CCCOc2ccccc21)Cc1ccccc1. The zero-order valence-electron chi connectivity index (χ0n) is 13.2. The third-order valence-electron chi connectivity index (χ3n) is 4.02. The van der Waals surface area contributed by atoms with E-state index >= 15 is 0 Å². The van der Waals surface area contributed by atoms with Gasteiger partial charge in [-0.1, -0.05) is 42.5 Å². The minimum atomic E-state index is -0.179. The normalized spacial score (nSPS) is 15.3. The molecule has 0 aromatic heterocycles. The molecule has 0 spiro atoms. The molecular formula is C19H22N2O2. The average Bonchev–Trinajstić information content (AvgIpc) is 2.78. The van der Waals surface area contributed by atoms with Crippen molar-refractivity contribution in [2.24, 2.45) is 5.73 Å². The van der Waals surface area contributed by atoms with Crippen LogP contribution in [0.25, 0.3) is 0 Å². The van der Waals surface area contributed by atoms with Gasteiger partial charge in [0, 0.05) is 19.0 Å². The van der Waals surface area contributed by atoms with Crippen LogP contribution in [0.15, 0.2) is 54.6 Å². The van der Waals surface area contributed by atoms with Crippen LogP contribution >= 0.6 is 0 Å². The van der Waals surface area contributed by atoms with Crippen molar-refractivity contribution in [3.63, 3.8) is 0 Å². The standard InChI is InChI=1S/C19H22N2O2/c20-16(13-15-7-2-1-3-8-15)14-19(22)21-11-6-12-23-18-10-5-4-9-17(18)21/h1-5,7-10,16H,6,11-14,20H2/t16-/m0/s1. The first-order valence-electron chi connectivity index (χ1n) is 8.06. The van der Waals surface area contributed by atoms with E-state index in [-0.39, 0.29) is 11.9 Å². The van der Waals surface area contributed by atoms with Gasteiger partial charge in [-0.15, -0.1) is 0 Å². The number of fused-ring (bicyclic) bond motifs is 1. The highest BCUT2D eigenvalue weighted by Crippen LogP contribution is 2.31. The number of hydrogen-bond donors (Lipinski definition) is 1. The van der Waals surface area contributed by atoms with Crippen LogP contribution < -0.4 is 15.4 Å². The fraction of sp³-hybridized carbons (Fsp3) is 0.316. The van der Waals surface area contributed by atoms with Gasteiger partial charge in [-0.05, 0) is 30.5 Å². The molecule has 0 fully saturated rings. The lowest BCUT2D eigenvalue weighted by Gasteiger charge is -2.23. The second-order valence-electron chi connectivity index (χ2n) is 5.87. The number of nitrogens with zero attached hydrogens (tertiary/aromatic N) is 1. The summed E-state index contributed by atoms with van der Waals surface area (Å²) < 4.78 is 5.70. The molecule has 1 atom stereocenters. The van der Waals surface area contributed by atoms with E-state index in [1.165, 1.54) is 0 Å². The van der Waals surface area contributed by atoms with E-state index in [9.17, 15) is 4.79 Å². The Labute approximate surface area is 136 Å². The number of rotatable bonds is 4. The van der Waals surface area contributed by atoms with Gasteiger partial charge >= 0.3 is 0 Å². The molecule has 2 aromatic rings. The van der Waals surface area contributed by atoms with E-state index in [0.29, 0.717) is 26.0 Å². The summed E-state index contributed by atoms with van der Waals surface area (Å²) in [6, 6.07) is 17.6. The fourth-order valence-electron chi connectivity index (χ4n) is 2.91. The van der Waals surface area contributed by atoms with E-state index < -0.39 is 0 Å². The van der Waals surface area contributed by atoms with Gasteiger partial charge in [-0.25, -0.2) is 0 Å². The molecule has 23 heavy (non-hydrogen) atoms. The van der Waals surface area contributed by atoms with Gasteiger partial charge in [-0.3, -0.25) is 4.79 Å². The van der Waals surface area contributed by atoms with Crippen LogP contribution in [0.3, 0.4) is 0 Å².